The molecule has 30 heavy (non-hydrogen) atoms. The summed E-state index contributed by atoms with van der Waals surface area (Å²) in [6.45, 7) is 0. The van der Waals surface area contributed by atoms with Crippen molar-refractivity contribution in [3.05, 3.63) is 130 Å². The van der Waals surface area contributed by atoms with Gasteiger partial charge in [0.15, 0.2) is 11.2 Å². The number of hydrogen-bond acceptors (Lipinski definition) is 3. The van der Waals surface area contributed by atoms with Crippen molar-refractivity contribution in [3.63, 3.8) is 0 Å². The molecule has 4 aromatic rings. The van der Waals surface area contributed by atoms with Crippen LogP contribution in [0, 0.1) is 0 Å². The SMILES string of the molecule is O=C(C[C@H](Cc1cc(=O)cc(-c2ccccc2)o1)c1ccccc1)c1ccccc1. The van der Waals surface area contributed by atoms with Gasteiger partial charge in [-0.1, -0.05) is 91.0 Å². The van der Waals surface area contributed by atoms with Crippen LogP contribution in [-0.2, 0) is 6.42 Å². The third-order valence-corrected chi connectivity index (χ3v) is 5.12. The summed E-state index contributed by atoms with van der Waals surface area (Å²) in [5.41, 5.74) is 2.50. The van der Waals surface area contributed by atoms with Gasteiger partial charge in [0, 0.05) is 36.1 Å². The van der Waals surface area contributed by atoms with Crippen LogP contribution >= 0.6 is 0 Å². The summed E-state index contributed by atoms with van der Waals surface area (Å²) in [7, 11) is 0. The molecule has 148 valence electrons. The Hall–Kier alpha value is -3.72. The lowest BCUT2D eigenvalue weighted by Crippen LogP contribution is -2.12. The van der Waals surface area contributed by atoms with Gasteiger partial charge >= 0.3 is 0 Å². The van der Waals surface area contributed by atoms with Crippen molar-refractivity contribution in [2.45, 2.75) is 18.8 Å². The minimum atomic E-state index is -0.101. The molecule has 0 radical (unpaired) electrons. The van der Waals surface area contributed by atoms with E-state index in [-0.39, 0.29) is 17.1 Å². The van der Waals surface area contributed by atoms with E-state index in [4.69, 9.17) is 4.42 Å². The minimum absolute atomic E-state index is 0.0750. The summed E-state index contributed by atoms with van der Waals surface area (Å²) in [6.07, 6.45) is 0.811. The number of hydrogen-bond donors (Lipinski definition) is 0. The zero-order valence-corrected chi connectivity index (χ0v) is 16.5. The van der Waals surface area contributed by atoms with Gasteiger partial charge in [0.05, 0.1) is 0 Å². The van der Waals surface area contributed by atoms with Crippen LogP contribution in [0.2, 0.25) is 0 Å². The number of rotatable bonds is 7. The van der Waals surface area contributed by atoms with E-state index in [2.05, 4.69) is 0 Å². The molecule has 4 rings (SSSR count). The molecular weight excluding hydrogens is 372 g/mol. The van der Waals surface area contributed by atoms with E-state index in [9.17, 15) is 9.59 Å². The molecular formula is C27H22O3. The lowest BCUT2D eigenvalue weighted by atomic mass is 9.88. The van der Waals surface area contributed by atoms with Crippen LogP contribution in [0.3, 0.4) is 0 Å². The zero-order chi connectivity index (χ0) is 20.8. The van der Waals surface area contributed by atoms with Crippen molar-refractivity contribution >= 4 is 5.78 Å². The fourth-order valence-corrected chi connectivity index (χ4v) is 3.62. The number of ketones is 1. The first kappa shape index (κ1) is 19.6. The zero-order valence-electron chi connectivity index (χ0n) is 16.5. The first-order valence-corrected chi connectivity index (χ1v) is 10.0. The van der Waals surface area contributed by atoms with E-state index in [0.29, 0.717) is 29.9 Å². The molecule has 0 bridgehead atoms. The highest BCUT2D eigenvalue weighted by Gasteiger charge is 2.19. The summed E-state index contributed by atoms with van der Waals surface area (Å²) in [6, 6.07) is 31.8. The smallest absolute Gasteiger partial charge is 0.185 e. The van der Waals surface area contributed by atoms with Crippen molar-refractivity contribution in [2.75, 3.05) is 0 Å². The van der Waals surface area contributed by atoms with Crippen LogP contribution in [0.1, 0.15) is 34.0 Å². The molecule has 0 aliphatic rings. The average Bonchev–Trinajstić information content (AvgIpc) is 2.80. The van der Waals surface area contributed by atoms with Gasteiger partial charge in [0.25, 0.3) is 0 Å². The first-order valence-electron chi connectivity index (χ1n) is 10.0. The largest absolute Gasteiger partial charge is 0.461 e. The molecule has 1 atom stereocenters. The van der Waals surface area contributed by atoms with Gasteiger partial charge in [-0.25, -0.2) is 0 Å². The lowest BCUT2D eigenvalue weighted by molar-refractivity contribution is 0.0973. The third-order valence-electron chi connectivity index (χ3n) is 5.12. The lowest BCUT2D eigenvalue weighted by Gasteiger charge is -2.17. The van der Waals surface area contributed by atoms with Crippen LogP contribution in [0.5, 0.6) is 0 Å². The molecule has 0 aliphatic carbocycles. The van der Waals surface area contributed by atoms with Crippen molar-refractivity contribution in [2.24, 2.45) is 0 Å². The second-order valence-electron chi connectivity index (χ2n) is 7.29. The van der Waals surface area contributed by atoms with Gasteiger partial charge in [-0.3, -0.25) is 9.59 Å². The maximum Gasteiger partial charge on any atom is 0.185 e. The second-order valence-corrected chi connectivity index (χ2v) is 7.29. The highest BCUT2D eigenvalue weighted by molar-refractivity contribution is 5.96. The number of Topliss-reactive ketones (excluding diaryl/α,β-unsaturated/α-hetero) is 1. The monoisotopic (exact) mass is 394 g/mol. The summed E-state index contributed by atoms with van der Waals surface area (Å²) in [4.78, 5) is 25.2. The van der Waals surface area contributed by atoms with Crippen LogP contribution in [-0.4, -0.2) is 5.78 Å². The maximum atomic E-state index is 12.9. The molecule has 0 saturated carbocycles. The molecule has 0 fully saturated rings. The molecule has 3 heteroatoms. The predicted molar refractivity (Wildman–Crippen MR) is 119 cm³/mol. The summed E-state index contributed by atoms with van der Waals surface area (Å²) in [5, 5.41) is 0. The van der Waals surface area contributed by atoms with Crippen LogP contribution < -0.4 is 5.43 Å². The van der Waals surface area contributed by atoms with Crippen molar-refractivity contribution < 1.29 is 9.21 Å². The highest BCUT2D eigenvalue weighted by atomic mass is 16.3. The maximum absolute atomic E-state index is 12.9. The Morgan fingerprint density at radius 2 is 1.37 bits per heavy atom. The Morgan fingerprint density at radius 1 is 0.767 bits per heavy atom. The summed E-state index contributed by atoms with van der Waals surface area (Å²) in [5.74, 6) is 1.11. The first-order chi connectivity index (χ1) is 14.7. The van der Waals surface area contributed by atoms with Crippen molar-refractivity contribution in [3.8, 4) is 11.3 Å². The van der Waals surface area contributed by atoms with E-state index in [1.54, 1.807) is 0 Å². The Labute approximate surface area is 175 Å². The molecule has 0 aliphatic heterocycles. The standard InChI is InChI=1S/C27H22O3/c28-24-18-25(30-27(19-24)22-14-8-3-9-15-22)16-23(20-10-4-1-5-11-20)17-26(29)21-12-6-2-7-13-21/h1-15,18-19,23H,16-17H2/t23-/m0/s1. The summed E-state index contributed by atoms with van der Waals surface area (Å²) < 4.78 is 6.07. The van der Waals surface area contributed by atoms with Gasteiger partial charge in [0.1, 0.15) is 11.5 Å². The molecule has 0 unspecified atom stereocenters. The molecule has 3 nitrogen and oxygen atoms in total. The van der Waals surface area contributed by atoms with E-state index >= 15 is 0 Å². The van der Waals surface area contributed by atoms with E-state index in [1.165, 1.54) is 12.1 Å². The molecule has 0 N–H and O–H groups in total. The fourth-order valence-electron chi connectivity index (χ4n) is 3.62. The highest BCUT2D eigenvalue weighted by Crippen LogP contribution is 2.27. The molecule has 1 aromatic heterocycles. The average molecular weight is 394 g/mol. The van der Waals surface area contributed by atoms with Gasteiger partial charge in [-0.15, -0.1) is 0 Å². The molecule has 0 saturated heterocycles. The quantitative estimate of drug-likeness (QED) is 0.366. The molecule has 3 aromatic carbocycles. The van der Waals surface area contributed by atoms with Crippen molar-refractivity contribution in [1.82, 2.24) is 0 Å². The third kappa shape index (κ3) is 4.81. The number of carbonyl (C=O) groups excluding carboxylic acids is 1. The van der Waals surface area contributed by atoms with Crippen molar-refractivity contribution in [1.29, 1.82) is 0 Å². The normalized spacial score (nSPS) is 11.7. The van der Waals surface area contributed by atoms with Gasteiger partial charge in [-0.05, 0) is 11.5 Å². The predicted octanol–water partition coefficient (Wildman–Crippen LogP) is 5.91. The van der Waals surface area contributed by atoms with Gasteiger partial charge < -0.3 is 4.42 Å². The van der Waals surface area contributed by atoms with E-state index in [1.807, 2.05) is 91.0 Å². The Bertz CT molecular complexity index is 1160. The molecule has 1 heterocycles. The topological polar surface area (TPSA) is 47.3 Å². The number of benzene rings is 3. The molecule has 0 amide bonds. The van der Waals surface area contributed by atoms with E-state index < -0.39 is 0 Å². The number of carbonyl (C=O) groups is 1. The van der Waals surface area contributed by atoms with Gasteiger partial charge in [0.2, 0.25) is 0 Å². The molecule has 0 spiro atoms. The second kappa shape index (κ2) is 9.19. The summed E-state index contributed by atoms with van der Waals surface area (Å²) >= 11 is 0. The minimum Gasteiger partial charge on any atom is -0.461 e. The fraction of sp³-hybridized carbons (Fsp3) is 0.111. The van der Waals surface area contributed by atoms with Crippen LogP contribution in [0.4, 0.5) is 0 Å². The van der Waals surface area contributed by atoms with Crippen LogP contribution in [0.15, 0.2) is 112 Å². The van der Waals surface area contributed by atoms with E-state index in [0.717, 1.165) is 11.1 Å². The Balaban J connectivity index is 1.65. The Kier molecular flexibility index (Phi) is 6.00. The Morgan fingerprint density at radius 3 is 2.03 bits per heavy atom. The van der Waals surface area contributed by atoms with Gasteiger partial charge in [-0.2, -0.15) is 0 Å². The van der Waals surface area contributed by atoms with Crippen LogP contribution in [0.25, 0.3) is 11.3 Å².